The average molecular weight is 287 g/mol. The third-order valence-electron chi connectivity index (χ3n) is 4.29. The van der Waals surface area contributed by atoms with Crippen LogP contribution in [0.15, 0.2) is 12.4 Å². The molecule has 5 nitrogen and oxygen atoms in total. The molecule has 0 aromatic carbocycles. The number of rotatable bonds is 7. The molecule has 1 aliphatic carbocycles. The van der Waals surface area contributed by atoms with Gasteiger partial charge in [-0.25, -0.2) is 0 Å². The van der Waals surface area contributed by atoms with Crippen LogP contribution in [0.25, 0.3) is 0 Å². The Labute approximate surface area is 126 Å². The van der Waals surface area contributed by atoms with Crippen molar-refractivity contribution in [3.05, 3.63) is 34.9 Å². The lowest BCUT2D eigenvalue weighted by atomic mass is 10.1. The van der Waals surface area contributed by atoms with Gasteiger partial charge in [-0.05, 0) is 57.2 Å². The van der Waals surface area contributed by atoms with Crippen LogP contribution in [0.4, 0.5) is 0 Å². The first-order valence-corrected chi connectivity index (χ1v) is 7.87. The fourth-order valence-corrected chi connectivity index (χ4v) is 2.84. The zero-order chi connectivity index (χ0) is 14.8. The third-order valence-corrected chi connectivity index (χ3v) is 4.29. The largest absolute Gasteiger partial charge is 0.314 e. The van der Waals surface area contributed by atoms with Crippen molar-refractivity contribution in [1.29, 1.82) is 0 Å². The topological polar surface area (TPSA) is 47.7 Å². The van der Waals surface area contributed by atoms with Crippen molar-refractivity contribution in [3.8, 4) is 0 Å². The molecule has 3 rings (SSSR count). The third kappa shape index (κ3) is 3.53. The van der Waals surface area contributed by atoms with Crippen LogP contribution in [0.5, 0.6) is 0 Å². The predicted octanol–water partition coefficient (Wildman–Crippen LogP) is 1.77. The SMILES string of the molecule is Cc1nn(CCc2cnn(C)c2)c(C)c1CCNC1CC1. The molecule has 0 aliphatic heterocycles. The standard InChI is InChI=1S/C16H25N5/c1-12-16(6-8-17-15-4-5-15)13(2)21(19-12)9-7-14-10-18-20(3)11-14/h10-11,15,17H,4-9H2,1-3H3. The molecule has 0 atom stereocenters. The lowest BCUT2D eigenvalue weighted by Crippen LogP contribution is -2.19. The number of nitrogens with one attached hydrogen (secondary N) is 1. The van der Waals surface area contributed by atoms with Crippen molar-refractivity contribution in [2.75, 3.05) is 6.54 Å². The summed E-state index contributed by atoms with van der Waals surface area (Å²) in [4.78, 5) is 0. The van der Waals surface area contributed by atoms with E-state index in [-0.39, 0.29) is 0 Å². The Hall–Kier alpha value is -1.62. The molecular formula is C16H25N5. The Morgan fingerprint density at radius 2 is 2.10 bits per heavy atom. The van der Waals surface area contributed by atoms with Crippen LogP contribution in [0.2, 0.25) is 0 Å². The summed E-state index contributed by atoms with van der Waals surface area (Å²) in [6.07, 6.45) is 8.78. The highest BCUT2D eigenvalue weighted by Gasteiger charge is 2.20. The quantitative estimate of drug-likeness (QED) is 0.844. The second kappa shape index (κ2) is 6.02. The summed E-state index contributed by atoms with van der Waals surface area (Å²) in [7, 11) is 1.96. The number of nitrogens with zero attached hydrogens (tertiary/aromatic N) is 4. The average Bonchev–Trinajstić information content (AvgIpc) is 3.13. The number of aromatic nitrogens is 4. The maximum atomic E-state index is 4.71. The minimum Gasteiger partial charge on any atom is -0.314 e. The maximum absolute atomic E-state index is 4.71. The summed E-state index contributed by atoms with van der Waals surface area (Å²) in [5.74, 6) is 0. The van der Waals surface area contributed by atoms with Crippen LogP contribution in [0, 0.1) is 13.8 Å². The lowest BCUT2D eigenvalue weighted by Gasteiger charge is -2.05. The van der Waals surface area contributed by atoms with Crippen LogP contribution in [0.1, 0.15) is 35.4 Å². The highest BCUT2D eigenvalue weighted by atomic mass is 15.3. The monoisotopic (exact) mass is 287 g/mol. The normalized spacial score (nSPS) is 14.8. The second-order valence-electron chi connectivity index (χ2n) is 6.12. The Kier molecular flexibility index (Phi) is 4.10. The van der Waals surface area contributed by atoms with E-state index in [1.54, 1.807) is 0 Å². The van der Waals surface area contributed by atoms with E-state index in [2.05, 4.69) is 35.1 Å². The molecule has 0 spiro atoms. The predicted molar refractivity (Wildman–Crippen MR) is 83.3 cm³/mol. The van der Waals surface area contributed by atoms with E-state index < -0.39 is 0 Å². The van der Waals surface area contributed by atoms with Gasteiger partial charge in [0.2, 0.25) is 0 Å². The summed E-state index contributed by atoms with van der Waals surface area (Å²) >= 11 is 0. The molecule has 1 aliphatic rings. The summed E-state index contributed by atoms with van der Waals surface area (Å²) < 4.78 is 4.00. The molecule has 1 saturated carbocycles. The van der Waals surface area contributed by atoms with Gasteiger partial charge in [0.1, 0.15) is 0 Å². The van der Waals surface area contributed by atoms with Crippen LogP contribution < -0.4 is 5.32 Å². The van der Waals surface area contributed by atoms with Gasteiger partial charge in [-0.2, -0.15) is 10.2 Å². The number of hydrogen-bond donors (Lipinski definition) is 1. The molecular weight excluding hydrogens is 262 g/mol. The molecule has 0 amide bonds. The summed E-state index contributed by atoms with van der Waals surface area (Å²) in [6.45, 7) is 6.31. The van der Waals surface area contributed by atoms with E-state index in [9.17, 15) is 0 Å². The van der Waals surface area contributed by atoms with Crippen LogP contribution in [-0.2, 0) is 26.4 Å². The fourth-order valence-electron chi connectivity index (χ4n) is 2.84. The Balaban J connectivity index is 1.59. The van der Waals surface area contributed by atoms with Crippen molar-refractivity contribution in [2.45, 2.75) is 52.1 Å². The molecule has 1 fully saturated rings. The smallest absolute Gasteiger partial charge is 0.0628 e. The van der Waals surface area contributed by atoms with Crippen LogP contribution in [-0.4, -0.2) is 32.1 Å². The Morgan fingerprint density at radius 1 is 1.29 bits per heavy atom. The van der Waals surface area contributed by atoms with Gasteiger partial charge in [-0.15, -0.1) is 0 Å². The first kappa shape index (κ1) is 14.3. The van der Waals surface area contributed by atoms with Crippen molar-refractivity contribution in [1.82, 2.24) is 24.9 Å². The van der Waals surface area contributed by atoms with Crippen LogP contribution >= 0.6 is 0 Å². The first-order chi connectivity index (χ1) is 10.1. The van der Waals surface area contributed by atoms with E-state index in [0.29, 0.717) is 0 Å². The molecule has 0 bridgehead atoms. The lowest BCUT2D eigenvalue weighted by molar-refractivity contribution is 0.592. The molecule has 2 heterocycles. The molecule has 2 aromatic heterocycles. The molecule has 2 aromatic rings. The Bertz CT molecular complexity index is 606. The van der Waals surface area contributed by atoms with Gasteiger partial charge >= 0.3 is 0 Å². The minimum atomic E-state index is 0.784. The van der Waals surface area contributed by atoms with Gasteiger partial charge in [0, 0.05) is 31.5 Å². The van der Waals surface area contributed by atoms with E-state index in [1.807, 2.05) is 17.9 Å². The van der Waals surface area contributed by atoms with E-state index >= 15 is 0 Å². The maximum Gasteiger partial charge on any atom is 0.0628 e. The van der Waals surface area contributed by atoms with E-state index in [4.69, 9.17) is 5.10 Å². The molecule has 114 valence electrons. The zero-order valence-electron chi connectivity index (χ0n) is 13.3. The fraction of sp³-hybridized carbons (Fsp3) is 0.625. The number of aryl methyl sites for hydroxylation is 4. The van der Waals surface area contributed by atoms with Crippen molar-refractivity contribution < 1.29 is 0 Å². The highest BCUT2D eigenvalue weighted by molar-refractivity contribution is 5.25. The summed E-state index contributed by atoms with van der Waals surface area (Å²) in [5, 5.41) is 12.5. The minimum absolute atomic E-state index is 0.784. The van der Waals surface area contributed by atoms with Gasteiger partial charge in [-0.1, -0.05) is 0 Å². The molecule has 5 heteroatoms. The summed E-state index contributed by atoms with van der Waals surface area (Å²) in [5.41, 5.74) is 5.17. The van der Waals surface area contributed by atoms with E-state index in [1.165, 1.54) is 35.4 Å². The van der Waals surface area contributed by atoms with Crippen LogP contribution in [0.3, 0.4) is 0 Å². The van der Waals surface area contributed by atoms with Crippen molar-refractivity contribution in [2.24, 2.45) is 7.05 Å². The molecule has 0 radical (unpaired) electrons. The molecule has 0 unspecified atom stereocenters. The second-order valence-corrected chi connectivity index (χ2v) is 6.12. The van der Waals surface area contributed by atoms with E-state index in [0.717, 1.165) is 32.0 Å². The van der Waals surface area contributed by atoms with Gasteiger partial charge in [0.05, 0.1) is 11.9 Å². The summed E-state index contributed by atoms with van der Waals surface area (Å²) in [6, 6.07) is 0.784. The van der Waals surface area contributed by atoms with Crippen molar-refractivity contribution in [3.63, 3.8) is 0 Å². The first-order valence-electron chi connectivity index (χ1n) is 7.87. The highest BCUT2D eigenvalue weighted by Crippen LogP contribution is 2.19. The van der Waals surface area contributed by atoms with Gasteiger partial charge in [0.25, 0.3) is 0 Å². The van der Waals surface area contributed by atoms with Gasteiger partial charge < -0.3 is 5.32 Å². The van der Waals surface area contributed by atoms with Gasteiger partial charge in [-0.3, -0.25) is 9.36 Å². The van der Waals surface area contributed by atoms with Crippen molar-refractivity contribution >= 4 is 0 Å². The van der Waals surface area contributed by atoms with Gasteiger partial charge in [0.15, 0.2) is 0 Å². The Morgan fingerprint density at radius 3 is 2.76 bits per heavy atom. The molecule has 1 N–H and O–H groups in total. The number of hydrogen-bond acceptors (Lipinski definition) is 3. The zero-order valence-corrected chi connectivity index (χ0v) is 13.3. The molecule has 0 saturated heterocycles. The molecule has 21 heavy (non-hydrogen) atoms.